The van der Waals surface area contributed by atoms with E-state index in [9.17, 15) is 24.3 Å². The average Bonchev–Trinajstić information content (AvgIpc) is 3.35. The smallest absolute Gasteiger partial charge is 0.329 e. The molecule has 0 bridgehead atoms. The van der Waals surface area contributed by atoms with Crippen molar-refractivity contribution in [2.75, 3.05) is 4.90 Å². The number of aliphatic carboxylic acids is 1. The Hall–Kier alpha value is -4.10. The van der Waals surface area contributed by atoms with Crippen molar-refractivity contribution in [1.82, 2.24) is 5.32 Å². The van der Waals surface area contributed by atoms with E-state index in [0.717, 1.165) is 21.6 Å². The molecule has 182 valence electrons. The molecule has 0 saturated carbocycles. The third kappa shape index (κ3) is 3.38. The van der Waals surface area contributed by atoms with Crippen LogP contribution in [0.5, 0.6) is 0 Å². The van der Waals surface area contributed by atoms with E-state index in [1.54, 1.807) is 54.6 Å². The number of carbonyl (C=O) groups is 4. The molecule has 36 heavy (non-hydrogen) atoms. The van der Waals surface area contributed by atoms with Crippen molar-refractivity contribution >= 4 is 29.3 Å². The minimum Gasteiger partial charge on any atom is -0.480 e. The molecule has 0 aliphatic carbocycles. The molecular formula is C29H26N2O5. The van der Waals surface area contributed by atoms with Crippen molar-refractivity contribution in [2.45, 2.75) is 32.4 Å². The first-order valence-electron chi connectivity index (χ1n) is 11.8. The number of nitrogens with one attached hydrogen (secondary N) is 1. The van der Waals surface area contributed by atoms with Gasteiger partial charge in [0, 0.05) is 11.6 Å². The largest absolute Gasteiger partial charge is 0.480 e. The molecule has 2 aliphatic rings. The molecule has 2 amide bonds. The van der Waals surface area contributed by atoms with Crippen LogP contribution in [0, 0.1) is 25.7 Å². The summed E-state index contributed by atoms with van der Waals surface area (Å²) in [6, 6.07) is 19.9. The second kappa shape index (κ2) is 8.53. The van der Waals surface area contributed by atoms with Crippen LogP contribution in [0.25, 0.3) is 0 Å². The van der Waals surface area contributed by atoms with Crippen molar-refractivity contribution in [3.8, 4) is 0 Å². The fourth-order valence-electron chi connectivity index (χ4n) is 5.66. The number of carbonyl (C=O) groups excluding carboxylic acids is 3. The van der Waals surface area contributed by atoms with Crippen LogP contribution in [0.4, 0.5) is 5.69 Å². The van der Waals surface area contributed by atoms with Crippen molar-refractivity contribution in [1.29, 1.82) is 0 Å². The third-order valence-electron chi connectivity index (χ3n) is 7.43. The predicted molar refractivity (Wildman–Crippen MR) is 133 cm³/mol. The molecule has 0 aromatic heterocycles. The summed E-state index contributed by atoms with van der Waals surface area (Å²) >= 11 is 0. The molecule has 4 unspecified atom stereocenters. The Kier molecular flexibility index (Phi) is 5.60. The lowest BCUT2D eigenvalue weighted by Crippen LogP contribution is -2.53. The molecule has 0 spiro atoms. The number of ketones is 1. The van der Waals surface area contributed by atoms with E-state index in [1.807, 2.05) is 32.0 Å². The number of hydrogen-bond acceptors (Lipinski definition) is 5. The number of carboxylic acid groups (broad SMARTS) is 1. The predicted octanol–water partition coefficient (Wildman–Crippen LogP) is 3.94. The Bertz CT molecular complexity index is 1400. The topological polar surface area (TPSA) is 104 Å². The Balaban J connectivity index is 1.71. The highest BCUT2D eigenvalue weighted by molar-refractivity contribution is 6.24. The second-order valence-electron chi connectivity index (χ2n) is 9.58. The number of anilines is 1. The molecular weight excluding hydrogens is 456 g/mol. The van der Waals surface area contributed by atoms with Crippen LogP contribution in [0.15, 0.2) is 72.8 Å². The first-order chi connectivity index (χ1) is 17.2. The minimum atomic E-state index is -1.80. The zero-order chi connectivity index (χ0) is 25.8. The van der Waals surface area contributed by atoms with Crippen molar-refractivity contribution in [3.05, 3.63) is 101 Å². The van der Waals surface area contributed by atoms with Crippen LogP contribution in [-0.4, -0.2) is 28.7 Å². The Morgan fingerprint density at radius 2 is 1.58 bits per heavy atom. The summed E-state index contributed by atoms with van der Waals surface area (Å²) in [6.45, 7) is 5.28. The number of benzene rings is 3. The summed E-state index contributed by atoms with van der Waals surface area (Å²) in [7, 11) is 0. The monoisotopic (exact) mass is 482 g/mol. The fraction of sp³-hybridized carbons (Fsp3) is 0.241. The number of aryl methyl sites for hydroxylation is 2. The van der Waals surface area contributed by atoms with Gasteiger partial charge in [-0.15, -0.1) is 0 Å². The summed E-state index contributed by atoms with van der Waals surface area (Å²) < 4.78 is 0. The number of imide groups is 1. The quantitative estimate of drug-likeness (QED) is 0.422. The number of carboxylic acids is 1. The highest BCUT2D eigenvalue weighted by atomic mass is 16.4. The van der Waals surface area contributed by atoms with Gasteiger partial charge < -0.3 is 5.11 Å². The van der Waals surface area contributed by atoms with E-state index < -0.39 is 41.2 Å². The van der Waals surface area contributed by atoms with E-state index >= 15 is 0 Å². The summed E-state index contributed by atoms with van der Waals surface area (Å²) in [6.07, 6.45) is 0. The molecule has 3 aromatic carbocycles. The highest BCUT2D eigenvalue weighted by Gasteiger charge is 2.69. The first-order valence-corrected chi connectivity index (χ1v) is 11.8. The number of amides is 2. The van der Waals surface area contributed by atoms with Gasteiger partial charge in [0.2, 0.25) is 11.8 Å². The van der Waals surface area contributed by atoms with E-state index in [2.05, 4.69) is 5.32 Å². The van der Waals surface area contributed by atoms with Crippen LogP contribution < -0.4 is 10.2 Å². The minimum absolute atomic E-state index is 0.134. The van der Waals surface area contributed by atoms with Crippen molar-refractivity contribution < 1.29 is 24.3 Å². The van der Waals surface area contributed by atoms with E-state index in [0.29, 0.717) is 16.8 Å². The average molecular weight is 483 g/mol. The van der Waals surface area contributed by atoms with Crippen molar-refractivity contribution in [2.24, 2.45) is 11.8 Å². The van der Waals surface area contributed by atoms with Gasteiger partial charge in [0.1, 0.15) is 0 Å². The number of rotatable bonds is 5. The number of hydrogen-bond donors (Lipinski definition) is 2. The molecule has 7 nitrogen and oxygen atoms in total. The summed E-state index contributed by atoms with van der Waals surface area (Å²) in [5.74, 6) is -4.48. The lowest BCUT2D eigenvalue weighted by Gasteiger charge is -2.32. The summed E-state index contributed by atoms with van der Waals surface area (Å²) in [5, 5.41) is 13.9. The van der Waals surface area contributed by atoms with Crippen LogP contribution >= 0.6 is 0 Å². The van der Waals surface area contributed by atoms with Crippen LogP contribution in [-0.2, 0) is 19.9 Å². The highest BCUT2D eigenvalue weighted by Crippen LogP contribution is 2.54. The van der Waals surface area contributed by atoms with Gasteiger partial charge in [0.15, 0.2) is 11.3 Å². The van der Waals surface area contributed by atoms with Gasteiger partial charge in [0.25, 0.3) is 0 Å². The lowest BCUT2D eigenvalue weighted by molar-refractivity contribution is -0.149. The summed E-state index contributed by atoms with van der Waals surface area (Å²) in [4.78, 5) is 53.7. The van der Waals surface area contributed by atoms with E-state index in [4.69, 9.17) is 0 Å². The lowest BCUT2D eigenvalue weighted by atomic mass is 9.75. The molecule has 2 saturated heterocycles. The molecule has 4 atom stereocenters. The third-order valence-corrected chi connectivity index (χ3v) is 7.43. The molecule has 3 aromatic rings. The molecule has 2 aliphatic heterocycles. The van der Waals surface area contributed by atoms with Gasteiger partial charge in [-0.1, -0.05) is 54.1 Å². The molecule has 2 fully saturated rings. The Labute approximate surface area is 208 Å². The van der Waals surface area contributed by atoms with Crippen LogP contribution in [0.3, 0.4) is 0 Å². The Morgan fingerprint density at radius 3 is 2.19 bits per heavy atom. The number of Topliss-reactive ketones (excluding diaryl/α,β-unsaturated/α-hetero) is 1. The van der Waals surface area contributed by atoms with Gasteiger partial charge in [-0.2, -0.15) is 0 Å². The maximum Gasteiger partial charge on any atom is 0.329 e. The van der Waals surface area contributed by atoms with Gasteiger partial charge in [-0.05, 0) is 61.7 Å². The molecule has 2 N–H and O–H groups in total. The maximum absolute atomic E-state index is 14.0. The van der Waals surface area contributed by atoms with Crippen LogP contribution in [0.2, 0.25) is 0 Å². The summed E-state index contributed by atoms with van der Waals surface area (Å²) in [5.41, 5.74) is 2.04. The SMILES string of the molecule is CC(=O)c1ccc(N2C(=O)C3C(c4cc(C)ccc4C)NC(C(=O)O)(c4ccccc4)C3C2=O)cc1. The molecule has 5 rings (SSSR count). The number of nitrogens with zero attached hydrogens (tertiary/aromatic N) is 1. The zero-order valence-electron chi connectivity index (χ0n) is 20.2. The second-order valence-corrected chi connectivity index (χ2v) is 9.58. The van der Waals surface area contributed by atoms with E-state index in [1.165, 1.54) is 6.92 Å². The molecule has 7 heteroatoms. The zero-order valence-corrected chi connectivity index (χ0v) is 20.2. The fourth-order valence-corrected chi connectivity index (χ4v) is 5.66. The standard InChI is InChI=1S/C29H26N2O5/c1-16-9-10-17(2)22(15-16)25-23-24(29(30-25,28(35)36)20-7-5-4-6-8-20)27(34)31(26(23)33)21-13-11-19(12-14-21)18(3)32/h4-15,23-25,30H,1-3H3,(H,35,36). The number of fused-ring (bicyclic) bond motifs is 1. The van der Waals surface area contributed by atoms with Gasteiger partial charge in [-0.25, -0.2) is 9.69 Å². The van der Waals surface area contributed by atoms with E-state index in [-0.39, 0.29) is 5.78 Å². The first kappa shape index (κ1) is 23.6. The van der Waals surface area contributed by atoms with Crippen molar-refractivity contribution in [3.63, 3.8) is 0 Å². The molecule has 2 heterocycles. The van der Waals surface area contributed by atoms with Gasteiger partial charge >= 0.3 is 5.97 Å². The Morgan fingerprint density at radius 1 is 0.917 bits per heavy atom. The van der Waals surface area contributed by atoms with Gasteiger partial charge in [-0.3, -0.25) is 19.7 Å². The van der Waals surface area contributed by atoms with Gasteiger partial charge in [0.05, 0.1) is 17.5 Å². The normalized spacial score (nSPS) is 25.2. The van der Waals surface area contributed by atoms with Crippen LogP contribution in [0.1, 0.15) is 45.6 Å². The molecule has 0 radical (unpaired) electrons. The maximum atomic E-state index is 14.0.